The standard InChI is InChI=1S/C20H22BrNO3S/c1-13-5-3-4-6-15(13)17-11-14(12-21)7-8-16(17)19(23)22-18(20(24)25)9-10-26-2/h3-8,11,18H,9-10,12H2,1-2H3,(H,22,23)(H,24,25)/t18-/m0/s1. The van der Waals surface area contributed by atoms with Crippen LogP contribution in [0, 0.1) is 6.92 Å². The first-order valence-electron chi connectivity index (χ1n) is 8.25. The molecule has 4 nitrogen and oxygen atoms in total. The zero-order valence-electron chi connectivity index (χ0n) is 14.8. The van der Waals surface area contributed by atoms with Gasteiger partial charge in [-0.05, 0) is 59.7 Å². The third-order valence-electron chi connectivity index (χ3n) is 4.13. The predicted octanol–water partition coefficient (Wildman–Crippen LogP) is 4.49. The van der Waals surface area contributed by atoms with E-state index in [0.29, 0.717) is 23.1 Å². The molecular weight excluding hydrogens is 414 g/mol. The number of amides is 1. The third-order valence-corrected chi connectivity index (χ3v) is 5.42. The minimum absolute atomic E-state index is 0.363. The molecule has 0 spiro atoms. The summed E-state index contributed by atoms with van der Waals surface area (Å²) in [4.78, 5) is 24.3. The number of carboxylic acids is 1. The van der Waals surface area contributed by atoms with Crippen LogP contribution in [0.2, 0.25) is 0 Å². The number of carbonyl (C=O) groups excluding carboxylic acids is 1. The SMILES string of the molecule is CSCC[C@H](NC(=O)c1ccc(CBr)cc1-c1ccccc1C)C(=O)O. The van der Waals surface area contributed by atoms with Crippen molar-refractivity contribution >= 4 is 39.6 Å². The molecule has 6 heteroatoms. The fourth-order valence-corrected chi connectivity index (χ4v) is 3.52. The van der Waals surface area contributed by atoms with Crippen molar-refractivity contribution < 1.29 is 14.7 Å². The molecule has 0 radical (unpaired) electrons. The van der Waals surface area contributed by atoms with Crippen LogP contribution < -0.4 is 5.32 Å². The van der Waals surface area contributed by atoms with Crippen molar-refractivity contribution in [2.45, 2.75) is 24.7 Å². The molecule has 0 heterocycles. The molecule has 138 valence electrons. The summed E-state index contributed by atoms with van der Waals surface area (Å²) in [7, 11) is 0. The molecule has 0 aromatic heterocycles. The Bertz CT molecular complexity index is 794. The molecule has 2 N–H and O–H groups in total. The summed E-state index contributed by atoms with van der Waals surface area (Å²) in [5.74, 6) is -0.704. The van der Waals surface area contributed by atoms with E-state index in [0.717, 1.165) is 22.3 Å². The zero-order chi connectivity index (χ0) is 19.1. The van der Waals surface area contributed by atoms with E-state index in [2.05, 4.69) is 21.2 Å². The van der Waals surface area contributed by atoms with Crippen molar-refractivity contribution in [1.29, 1.82) is 0 Å². The Labute approximate surface area is 166 Å². The van der Waals surface area contributed by atoms with E-state index in [1.807, 2.05) is 49.6 Å². The van der Waals surface area contributed by atoms with Crippen LogP contribution in [-0.4, -0.2) is 35.0 Å². The van der Waals surface area contributed by atoms with E-state index in [9.17, 15) is 14.7 Å². The van der Waals surface area contributed by atoms with E-state index in [-0.39, 0.29) is 5.91 Å². The van der Waals surface area contributed by atoms with Gasteiger partial charge in [0.1, 0.15) is 6.04 Å². The van der Waals surface area contributed by atoms with Crippen molar-refractivity contribution in [3.8, 4) is 11.1 Å². The second-order valence-electron chi connectivity index (χ2n) is 5.97. The second kappa shape index (κ2) is 9.78. The number of aryl methyl sites for hydroxylation is 1. The van der Waals surface area contributed by atoms with Gasteiger partial charge < -0.3 is 10.4 Å². The van der Waals surface area contributed by atoms with Crippen LogP contribution in [0.15, 0.2) is 42.5 Å². The third kappa shape index (κ3) is 5.11. The number of halogens is 1. The largest absolute Gasteiger partial charge is 0.480 e. The number of alkyl halides is 1. The molecule has 1 amide bonds. The number of hydrogen-bond donors (Lipinski definition) is 2. The summed E-state index contributed by atoms with van der Waals surface area (Å²) < 4.78 is 0. The van der Waals surface area contributed by atoms with Gasteiger partial charge in [0.2, 0.25) is 0 Å². The van der Waals surface area contributed by atoms with Gasteiger partial charge in [0.25, 0.3) is 5.91 Å². The molecule has 0 saturated carbocycles. The van der Waals surface area contributed by atoms with Crippen LogP contribution in [-0.2, 0) is 10.1 Å². The van der Waals surface area contributed by atoms with Gasteiger partial charge in [0, 0.05) is 10.9 Å². The highest BCUT2D eigenvalue weighted by Crippen LogP contribution is 2.29. The topological polar surface area (TPSA) is 66.4 Å². The molecule has 0 aliphatic heterocycles. The molecule has 0 aliphatic rings. The van der Waals surface area contributed by atoms with Crippen LogP contribution in [0.1, 0.15) is 27.9 Å². The Morgan fingerprint density at radius 3 is 2.54 bits per heavy atom. The van der Waals surface area contributed by atoms with Gasteiger partial charge in [-0.3, -0.25) is 4.79 Å². The first kappa shape index (κ1) is 20.5. The Hall–Kier alpha value is -1.79. The van der Waals surface area contributed by atoms with Crippen LogP contribution in [0.4, 0.5) is 0 Å². The Morgan fingerprint density at radius 2 is 1.92 bits per heavy atom. The lowest BCUT2D eigenvalue weighted by Gasteiger charge is -2.17. The molecule has 0 aliphatic carbocycles. The number of hydrogen-bond acceptors (Lipinski definition) is 3. The molecule has 0 fully saturated rings. The van der Waals surface area contributed by atoms with E-state index < -0.39 is 12.0 Å². The molecule has 2 aromatic rings. The predicted molar refractivity (Wildman–Crippen MR) is 111 cm³/mol. The number of carboxylic acid groups (broad SMARTS) is 1. The summed E-state index contributed by atoms with van der Waals surface area (Å²) in [6.07, 6.45) is 2.30. The lowest BCUT2D eigenvalue weighted by atomic mass is 9.94. The molecule has 0 saturated heterocycles. The fourth-order valence-electron chi connectivity index (χ4n) is 2.70. The molecule has 0 unspecified atom stereocenters. The van der Waals surface area contributed by atoms with Crippen LogP contribution in [0.3, 0.4) is 0 Å². The van der Waals surface area contributed by atoms with Crippen molar-refractivity contribution in [2.24, 2.45) is 0 Å². The molecule has 2 aromatic carbocycles. The van der Waals surface area contributed by atoms with E-state index in [1.54, 1.807) is 17.8 Å². The number of aliphatic carboxylic acids is 1. The summed E-state index contributed by atoms with van der Waals surface area (Å²) in [5.41, 5.74) is 4.38. The van der Waals surface area contributed by atoms with Crippen molar-refractivity contribution in [1.82, 2.24) is 5.32 Å². The number of rotatable bonds is 8. The first-order chi connectivity index (χ1) is 12.5. The van der Waals surface area contributed by atoms with Gasteiger partial charge in [-0.15, -0.1) is 0 Å². The van der Waals surface area contributed by atoms with E-state index >= 15 is 0 Å². The number of nitrogens with one attached hydrogen (secondary N) is 1. The first-order valence-corrected chi connectivity index (χ1v) is 10.8. The van der Waals surface area contributed by atoms with E-state index in [4.69, 9.17) is 0 Å². The van der Waals surface area contributed by atoms with Crippen LogP contribution >= 0.6 is 27.7 Å². The number of carbonyl (C=O) groups is 2. The zero-order valence-corrected chi connectivity index (χ0v) is 17.2. The minimum atomic E-state index is -1.01. The smallest absolute Gasteiger partial charge is 0.326 e. The average molecular weight is 436 g/mol. The van der Waals surface area contributed by atoms with Crippen molar-refractivity contribution in [2.75, 3.05) is 12.0 Å². The van der Waals surface area contributed by atoms with Crippen molar-refractivity contribution in [3.63, 3.8) is 0 Å². The van der Waals surface area contributed by atoms with Gasteiger partial charge in [-0.1, -0.05) is 46.3 Å². The summed E-state index contributed by atoms with van der Waals surface area (Å²) in [5, 5.41) is 12.7. The Balaban J connectivity index is 2.40. The maximum absolute atomic E-state index is 12.8. The highest BCUT2D eigenvalue weighted by atomic mass is 79.9. The quantitative estimate of drug-likeness (QED) is 0.599. The minimum Gasteiger partial charge on any atom is -0.480 e. The highest BCUT2D eigenvalue weighted by molar-refractivity contribution is 9.08. The Kier molecular flexibility index (Phi) is 7.72. The molecular formula is C20H22BrNO3S. The van der Waals surface area contributed by atoms with Crippen molar-refractivity contribution in [3.05, 3.63) is 59.2 Å². The highest BCUT2D eigenvalue weighted by Gasteiger charge is 2.22. The van der Waals surface area contributed by atoms with Gasteiger partial charge in [0.05, 0.1) is 0 Å². The lowest BCUT2D eigenvalue weighted by molar-refractivity contribution is -0.139. The average Bonchev–Trinajstić information content (AvgIpc) is 2.64. The van der Waals surface area contributed by atoms with Crippen LogP contribution in [0.5, 0.6) is 0 Å². The normalized spacial score (nSPS) is 11.8. The molecule has 0 bridgehead atoms. The fraction of sp³-hybridized carbons (Fsp3) is 0.300. The molecule has 26 heavy (non-hydrogen) atoms. The van der Waals surface area contributed by atoms with E-state index in [1.165, 1.54) is 0 Å². The monoisotopic (exact) mass is 435 g/mol. The second-order valence-corrected chi connectivity index (χ2v) is 7.52. The van der Waals surface area contributed by atoms with Crippen LogP contribution in [0.25, 0.3) is 11.1 Å². The maximum Gasteiger partial charge on any atom is 0.326 e. The molecule has 1 atom stereocenters. The maximum atomic E-state index is 12.8. The van der Waals surface area contributed by atoms with Gasteiger partial charge in [-0.25, -0.2) is 4.79 Å². The number of thioether (sulfide) groups is 1. The van der Waals surface area contributed by atoms with Gasteiger partial charge in [0.15, 0.2) is 0 Å². The summed E-state index contributed by atoms with van der Waals surface area (Å²) in [6.45, 7) is 2.00. The summed E-state index contributed by atoms with van der Waals surface area (Å²) >= 11 is 5.01. The number of benzene rings is 2. The molecule has 2 rings (SSSR count). The lowest BCUT2D eigenvalue weighted by Crippen LogP contribution is -2.41. The van der Waals surface area contributed by atoms with Gasteiger partial charge in [-0.2, -0.15) is 11.8 Å². The van der Waals surface area contributed by atoms with Gasteiger partial charge >= 0.3 is 5.97 Å². The Morgan fingerprint density at radius 1 is 1.19 bits per heavy atom. The summed E-state index contributed by atoms with van der Waals surface area (Å²) in [6, 6.07) is 12.6.